The summed E-state index contributed by atoms with van der Waals surface area (Å²) in [5, 5.41) is 10.7. The summed E-state index contributed by atoms with van der Waals surface area (Å²) in [5.41, 5.74) is 1.26. The molecule has 0 atom stereocenters. The minimum Gasteiger partial charge on any atom is -0.369 e. The smallest absolute Gasteiger partial charge is 0.269 e. The Morgan fingerprint density at radius 2 is 1.60 bits per heavy atom. The molecule has 2 fully saturated rings. The second-order valence-electron chi connectivity index (χ2n) is 5.73. The lowest BCUT2D eigenvalue weighted by atomic mass is 10.1. The van der Waals surface area contributed by atoms with Gasteiger partial charge < -0.3 is 4.90 Å². The molecule has 0 amide bonds. The number of anilines is 1. The van der Waals surface area contributed by atoms with E-state index in [4.69, 9.17) is 0 Å². The van der Waals surface area contributed by atoms with Crippen molar-refractivity contribution in [3.05, 3.63) is 34.4 Å². The quantitative estimate of drug-likeness (QED) is 0.628. The molecule has 1 saturated heterocycles. The van der Waals surface area contributed by atoms with E-state index in [0.717, 1.165) is 37.9 Å². The van der Waals surface area contributed by atoms with E-state index in [0.29, 0.717) is 0 Å². The van der Waals surface area contributed by atoms with E-state index in [-0.39, 0.29) is 10.6 Å². The van der Waals surface area contributed by atoms with Crippen LogP contribution in [0, 0.1) is 10.1 Å². The number of hydrogen-bond donors (Lipinski definition) is 0. The normalized spacial score (nSPS) is 21.3. The number of nitro groups is 1. The summed E-state index contributed by atoms with van der Waals surface area (Å²) < 4.78 is 0. The predicted octanol–water partition coefficient (Wildman–Crippen LogP) is 2.66. The van der Waals surface area contributed by atoms with Gasteiger partial charge in [0.05, 0.1) is 4.92 Å². The van der Waals surface area contributed by atoms with E-state index in [1.165, 1.54) is 25.7 Å². The molecule has 1 heterocycles. The van der Waals surface area contributed by atoms with Crippen molar-refractivity contribution < 1.29 is 4.92 Å². The van der Waals surface area contributed by atoms with Crippen molar-refractivity contribution in [2.75, 3.05) is 31.1 Å². The minimum atomic E-state index is -0.345. The van der Waals surface area contributed by atoms with Crippen LogP contribution in [0.4, 0.5) is 11.4 Å². The van der Waals surface area contributed by atoms with E-state index in [2.05, 4.69) is 9.80 Å². The van der Waals surface area contributed by atoms with Gasteiger partial charge in [0.1, 0.15) is 0 Å². The predicted molar refractivity (Wildman–Crippen MR) is 79.1 cm³/mol. The molecule has 0 radical (unpaired) electrons. The monoisotopic (exact) mass is 275 g/mol. The molecule has 3 rings (SSSR count). The van der Waals surface area contributed by atoms with Gasteiger partial charge in [-0.3, -0.25) is 15.0 Å². The highest BCUT2D eigenvalue weighted by Gasteiger charge is 2.26. The Hall–Kier alpha value is -1.62. The number of nitro benzene ring substituents is 1. The first kappa shape index (κ1) is 13.4. The highest BCUT2D eigenvalue weighted by molar-refractivity contribution is 5.51. The largest absolute Gasteiger partial charge is 0.369 e. The maximum absolute atomic E-state index is 10.7. The van der Waals surface area contributed by atoms with Gasteiger partial charge in [-0.2, -0.15) is 0 Å². The molecule has 0 bridgehead atoms. The number of hydrogen-bond acceptors (Lipinski definition) is 4. The Bertz CT molecular complexity index is 461. The lowest BCUT2D eigenvalue weighted by Gasteiger charge is -2.39. The Morgan fingerprint density at radius 1 is 1.00 bits per heavy atom. The van der Waals surface area contributed by atoms with E-state index >= 15 is 0 Å². The van der Waals surface area contributed by atoms with Crippen LogP contribution >= 0.6 is 0 Å². The van der Waals surface area contributed by atoms with Gasteiger partial charge in [0, 0.05) is 50.0 Å². The fourth-order valence-electron chi connectivity index (χ4n) is 3.40. The molecular formula is C15H21N3O2. The highest BCUT2D eigenvalue weighted by atomic mass is 16.6. The molecule has 5 heteroatoms. The third-order valence-electron chi connectivity index (χ3n) is 4.58. The first-order valence-corrected chi connectivity index (χ1v) is 7.47. The summed E-state index contributed by atoms with van der Waals surface area (Å²) in [6.07, 6.45) is 5.48. The lowest BCUT2D eigenvalue weighted by Crippen LogP contribution is -2.49. The van der Waals surface area contributed by atoms with Gasteiger partial charge in [0.25, 0.3) is 5.69 Å². The van der Waals surface area contributed by atoms with E-state index in [1.54, 1.807) is 12.1 Å². The Morgan fingerprint density at radius 3 is 2.15 bits per heavy atom. The van der Waals surface area contributed by atoms with Gasteiger partial charge in [0.15, 0.2) is 0 Å². The molecule has 5 nitrogen and oxygen atoms in total. The molecule has 1 aliphatic carbocycles. The molecule has 0 aromatic heterocycles. The van der Waals surface area contributed by atoms with Crippen molar-refractivity contribution >= 4 is 11.4 Å². The topological polar surface area (TPSA) is 49.6 Å². The summed E-state index contributed by atoms with van der Waals surface area (Å²) in [7, 11) is 0. The Balaban J connectivity index is 1.58. The Kier molecular flexibility index (Phi) is 3.87. The van der Waals surface area contributed by atoms with E-state index < -0.39 is 0 Å². The Labute approximate surface area is 119 Å². The summed E-state index contributed by atoms with van der Waals surface area (Å²) in [4.78, 5) is 15.3. The number of nitrogens with zero attached hydrogens (tertiary/aromatic N) is 3. The van der Waals surface area contributed by atoms with Crippen LogP contribution < -0.4 is 4.90 Å². The van der Waals surface area contributed by atoms with Crippen LogP contribution in [0.3, 0.4) is 0 Å². The molecule has 1 aromatic carbocycles. The highest BCUT2D eigenvalue weighted by Crippen LogP contribution is 2.26. The van der Waals surface area contributed by atoms with Crippen LogP contribution in [0.1, 0.15) is 25.7 Å². The first-order valence-electron chi connectivity index (χ1n) is 7.47. The fraction of sp³-hybridized carbons (Fsp3) is 0.600. The summed E-state index contributed by atoms with van der Waals surface area (Å²) in [6.45, 7) is 4.27. The zero-order chi connectivity index (χ0) is 13.9. The number of piperazine rings is 1. The summed E-state index contributed by atoms with van der Waals surface area (Å²) in [6, 6.07) is 7.72. The maximum Gasteiger partial charge on any atom is 0.269 e. The van der Waals surface area contributed by atoms with E-state index in [1.807, 2.05) is 12.1 Å². The SMILES string of the molecule is O=[N+]([O-])c1ccc(N2CCN(C3CCCC3)CC2)cc1. The van der Waals surface area contributed by atoms with Crippen molar-refractivity contribution in [1.82, 2.24) is 4.90 Å². The molecule has 0 spiro atoms. The number of non-ortho nitro benzene ring substituents is 1. The molecule has 1 aromatic rings. The van der Waals surface area contributed by atoms with Gasteiger partial charge in [-0.1, -0.05) is 12.8 Å². The van der Waals surface area contributed by atoms with Gasteiger partial charge >= 0.3 is 0 Å². The van der Waals surface area contributed by atoms with Crippen molar-refractivity contribution in [3.8, 4) is 0 Å². The second-order valence-corrected chi connectivity index (χ2v) is 5.73. The third kappa shape index (κ3) is 2.77. The lowest BCUT2D eigenvalue weighted by molar-refractivity contribution is -0.384. The zero-order valence-corrected chi connectivity index (χ0v) is 11.7. The van der Waals surface area contributed by atoms with Gasteiger partial charge in [-0.05, 0) is 25.0 Å². The molecule has 2 aliphatic rings. The molecule has 1 aliphatic heterocycles. The summed E-state index contributed by atoms with van der Waals surface area (Å²) >= 11 is 0. The van der Waals surface area contributed by atoms with Gasteiger partial charge in [-0.15, -0.1) is 0 Å². The van der Waals surface area contributed by atoms with E-state index in [9.17, 15) is 10.1 Å². The molecule has 20 heavy (non-hydrogen) atoms. The zero-order valence-electron chi connectivity index (χ0n) is 11.7. The van der Waals surface area contributed by atoms with Crippen LogP contribution in [-0.4, -0.2) is 42.0 Å². The maximum atomic E-state index is 10.7. The number of benzene rings is 1. The average Bonchev–Trinajstić information content (AvgIpc) is 3.02. The van der Waals surface area contributed by atoms with Crippen molar-refractivity contribution in [2.24, 2.45) is 0 Å². The molecule has 0 N–H and O–H groups in total. The fourth-order valence-corrected chi connectivity index (χ4v) is 3.40. The van der Waals surface area contributed by atoms with Crippen molar-refractivity contribution in [2.45, 2.75) is 31.7 Å². The van der Waals surface area contributed by atoms with Gasteiger partial charge in [-0.25, -0.2) is 0 Å². The van der Waals surface area contributed by atoms with Gasteiger partial charge in [0.2, 0.25) is 0 Å². The van der Waals surface area contributed by atoms with Crippen molar-refractivity contribution in [1.29, 1.82) is 0 Å². The second kappa shape index (κ2) is 5.79. The molecular weight excluding hydrogens is 254 g/mol. The number of rotatable bonds is 3. The first-order chi connectivity index (χ1) is 9.74. The van der Waals surface area contributed by atoms with Crippen LogP contribution in [0.15, 0.2) is 24.3 Å². The molecule has 108 valence electrons. The summed E-state index contributed by atoms with van der Waals surface area (Å²) in [5.74, 6) is 0. The van der Waals surface area contributed by atoms with Crippen LogP contribution in [-0.2, 0) is 0 Å². The standard InChI is InChI=1S/C15H21N3O2/c19-18(20)15-7-5-14(6-8-15)17-11-9-16(10-12-17)13-3-1-2-4-13/h5-8,13H,1-4,9-12H2. The van der Waals surface area contributed by atoms with Crippen LogP contribution in [0.25, 0.3) is 0 Å². The average molecular weight is 275 g/mol. The van der Waals surface area contributed by atoms with Crippen LogP contribution in [0.5, 0.6) is 0 Å². The minimum absolute atomic E-state index is 0.165. The van der Waals surface area contributed by atoms with Crippen LogP contribution in [0.2, 0.25) is 0 Å². The van der Waals surface area contributed by atoms with Crippen molar-refractivity contribution in [3.63, 3.8) is 0 Å². The molecule has 1 saturated carbocycles. The molecule has 0 unspecified atom stereocenters. The third-order valence-corrected chi connectivity index (χ3v) is 4.58.